The minimum Gasteiger partial charge on any atom is -0.507 e. The maximum Gasteiger partial charge on any atom is 0.295 e. The van der Waals surface area contributed by atoms with Gasteiger partial charge in [-0.15, -0.1) is 0 Å². The van der Waals surface area contributed by atoms with Crippen LogP contribution in [0.2, 0.25) is 0 Å². The first-order valence-electron chi connectivity index (χ1n) is 9.08. The number of carbonyl (C=O) groups excluding carboxylic acids is 2. The van der Waals surface area contributed by atoms with Crippen molar-refractivity contribution in [2.45, 2.75) is 19.4 Å². The molecule has 28 heavy (non-hydrogen) atoms. The summed E-state index contributed by atoms with van der Waals surface area (Å²) in [6.45, 7) is 2.04. The first kappa shape index (κ1) is 19.6. The van der Waals surface area contributed by atoms with Gasteiger partial charge in [0.2, 0.25) is 0 Å². The first-order valence-corrected chi connectivity index (χ1v) is 9.08. The molecule has 1 atom stereocenters. The zero-order valence-electron chi connectivity index (χ0n) is 15.9. The Morgan fingerprint density at radius 2 is 1.71 bits per heavy atom. The number of nitrogens with zero attached hydrogens (tertiary/aromatic N) is 1. The minimum absolute atomic E-state index is 0.0527. The summed E-state index contributed by atoms with van der Waals surface area (Å²) in [6, 6.07) is 13.4. The van der Waals surface area contributed by atoms with Gasteiger partial charge in [0, 0.05) is 18.7 Å². The second-order valence-electron chi connectivity index (χ2n) is 6.71. The topological polar surface area (TPSA) is 87.1 Å². The van der Waals surface area contributed by atoms with Crippen LogP contribution in [0.5, 0.6) is 5.75 Å². The average molecular weight is 381 g/mol. The van der Waals surface area contributed by atoms with E-state index >= 15 is 0 Å². The number of aryl methyl sites for hydroxylation is 1. The summed E-state index contributed by atoms with van der Waals surface area (Å²) >= 11 is 0. The van der Waals surface area contributed by atoms with E-state index in [1.165, 1.54) is 4.90 Å². The number of aliphatic hydroxyl groups is 2. The van der Waals surface area contributed by atoms with E-state index in [2.05, 4.69) is 0 Å². The highest BCUT2D eigenvalue weighted by molar-refractivity contribution is 6.46. The zero-order valence-corrected chi connectivity index (χ0v) is 15.9. The molecule has 2 aromatic carbocycles. The van der Waals surface area contributed by atoms with Gasteiger partial charge in [0.15, 0.2) is 0 Å². The summed E-state index contributed by atoms with van der Waals surface area (Å²) in [5.74, 6) is -0.958. The zero-order chi connectivity index (χ0) is 20.3. The van der Waals surface area contributed by atoms with Crippen LogP contribution in [0.4, 0.5) is 0 Å². The number of benzene rings is 2. The van der Waals surface area contributed by atoms with E-state index in [0.29, 0.717) is 23.3 Å². The first-order chi connectivity index (χ1) is 13.5. The molecule has 0 aliphatic carbocycles. The number of aliphatic hydroxyl groups excluding tert-OH is 2. The molecule has 2 N–H and O–H groups in total. The molecular weight excluding hydrogens is 358 g/mol. The number of rotatable bonds is 6. The Morgan fingerprint density at radius 1 is 1.07 bits per heavy atom. The van der Waals surface area contributed by atoms with Gasteiger partial charge in [-0.25, -0.2) is 0 Å². The summed E-state index contributed by atoms with van der Waals surface area (Å²) in [5, 5.41) is 20.1. The van der Waals surface area contributed by atoms with Crippen LogP contribution in [-0.2, 0) is 9.59 Å². The summed E-state index contributed by atoms with van der Waals surface area (Å²) in [7, 11) is 1.56. The molecular formula is C22H23NO5. The highest BCUT2D eigenvalue weighted by Crippen LogP contribution is 2.39. The highest BCUT2D eigenvalue weighted by atomic mass is 16.5. The van der Waals surface area contributed by atoms with Crippen LogP contribution in [0.15, 0.2) is 54.1 Å². The van der Waals surface area contributed by atoms with Crippen molar-refractivity contribution in [2.24, 2.45) is 0 Å². The molecule has 1 aliphatic heterocycles. The second kappa shape index (κ2) is 8.27. The molecule has 1 fully saturated rings. The second-order valence-corrected chi connectivity index (χ2v) is 6.71. The predicted molar refractivity (Wildman–Crippen MR) is 105 cm³/mol. The van der Waals surface area contributed by atoms with Crippen LogP contribution in [-0.4, -0.2) is 47.1 Å². The Kier molecular flexibility index (Phi) is 5.80. The molecule has 1 amide bonds. The molecule has 2 aromatic rings. The number of Topliss-reactive ketones (excluding diaryl/α,β-unsaturated/α-hetero) is 1. The van der Waals surface area contributed by atoms with Gasteiger partial charge in [-0.1, -0.05) is 42.0 Å². The van der Waals surface area contributed by atoms with Gasteiger partial charge >= 0.3 is 0 Å². The summed E-state index contributed by atoms with van der Waals surface area (Å²) in [5.41, 5.74) is 2.24. The summed E-state index contributed by atoms with van der Waals surface area (Å²) in [6.07, 6.45) is 0.338. The Hall–Kier alpha value is -3.12. The van der Waals surface area contributed by atoms with Gasteiger partial charge in [-0.2, -0.15) is 0 Å². The van der Waals surface area contributed by atoms with E-state index < -0.39 is 17.7 Å². The fourth-order valence-corrected chi connectivity index (χ4v) is 3.35. The predicted octanol–water partition coefficient (Wildman–Crippen LogP) is 2.81. The molecule has 0 bridgehead atoms. The van der Waals surface area contributed by atoms with Crippen LogP contribution in [0.3, 0.4) is 0 Å². The lowest BCUT2D eigenvalue weighted by molar-refractivity contribution is -0.140. The fraction of sp³-hybridized carbons (Fsp3) is 0.273. The van der Waals surface area contributed by atoms with Crippen LogP contribution < -0.4 is 4.74 Å². The third-order valence-electron chi connectivity index (χ3n) is 4.85. The Labute approximate surface area is 163 Å². The summed E-state index contributed by atoms with van der Waals surface area (Å²) in [4.78, 5) is 26.8. The lowest BCUT2D eigenvalue weighted by Gasteiger charge is -2.25. The lowest BCUT2D eigenvalue weighted by Crippen LogP contribution is -2.31. The van der Waals surface area contributed by atoms with Crippen molar-refractivity contribution in [3.63, 3.8) is 0 Å². The molecule has 6 heteroatoms. The molecule has 146 valence electrons. The maximum absolute atomic E-state index is 12.8. The van der Waals surface area contributed by atoms with Gasteiger partial charge in [0.1, 0.15) is 11.5 Å². The number of hydrogen-bond acceptors (Lipinski definition) is 5. The third-order valence-corrected chi connectivity index (χ3v) is 4.85. The maximum atomic E-state index is 12.8. The number of carbonyl (C=O) groups is 2. The number of ether oxygens (including phenoxy) is 1. The van der Waals surface area contributed by atoms with Gasteiger partial charge < -0.3 is 19.8 Å². The molecule has 0 aromatic heterocycles. The largest absolute Gasteiger partial charge is 0.507 e. The molecule has 1 saturated heterocycles. The molecule has 0 spiro atoms. The normalized spacial score (nSPS) is 18.5. The lowest BCUT2D eigenvalue weighted by atomic mass is 9.95. The Morgan fingerprint density at radius 3 is 2.29 bits per heavy atom. The van der Waals surface area contributed by atoms with Crippen molar-refractivity contribution in [2.75, 3.05) is 20.3 Å². The average Bonchev–Trinajstić information content (AvgIpc) is 2.97. The molecule has 1 aliphatic rings. The van der Waals surface area contributed by atoms with E-state index in [1.807, 2.05) is 19.1 Å². The monoisotopic (exact) mass is 381 g/mol. The van der Waals surface area contributed by atoms with Crippen LogP contribution in [0, 0.1) is 6.92 Å². The van der Waals surface area contributed by atoms with Crippen LogP contribution >= 0.6 is 0 Å². The fourth-order valence-electron chi connectivity index (χ4n) is 3.35. The van der Waals surface area contributed by atoms with Crippen LogP contribution in [0.25, 0.3) is 5.76 Å². The number of amides is 1. The number of methoxy groups -OCH3 is 1. The van der Waals surface area contributed by atoms with Crippen molar-refractivity contribution in [3.8, 4) is 5.75 Å². The quantitative estimate of drug-likeness (QED) is 0.456. The van der Waals surface area contributed by atoms with Gasteiger partial charge in [0.05, 0.1) is 18.7 Å². The van der Waals surface area contributed by atoms with E-state index in [0.717, 1.165) is 5.56 Å². The molecule has 1 heterocycles. The number of ketones is 1. The molecule has 0 radical (unpaired) electrons. The SMILES string of the molecule is COc1ccc(C2/C(=C(\O)c3ccc(C)cc3)C(=O)C(=O)N2CCCO)cc1. The van der Waals surface area contributed by atoms with Gasteiger partial charge in [-0.3, -0.25) is 9.59 Å². The van der Waals surface area contributed by atoms with Gasteiger partial charge in [-0.05, 0) is 31.0 Å². The smallest absolute Gasteiger partial charge is 0.295 e. The van der Waals surface area contributed by atoms with Crippen molar-refractivity contribution < 1.29 is 24.5 Å². The van der Waals surface area contributed by atoms with Crippen molar-refractivity contribution >= 4 is 17.4 Å². The summed E-state index contributed by atoms with van der Waals surface area (Å²) < 4.78 is 5.18. The highest BCUT2D eigenvalue weighted by Gasteiger charge is 2.45. The molecule has 0 saturated carbocycles. The van der Waals surface area contributed by atoms with E-state index in [9.17, 15) is 19.8 Å². The Balaban J connectivity index is 2.13. The van der Waals surface area contributed by atoms with Crippen molar-refractivity contribution in [1.82, 2.24) is 4.90 Å². The minimum atomic E-state index is -0.725. The standard InChI is InChI=1S/C22H23NO5/c1-14-4-6-16(7-5-14)20(25)18-19(15-8-10-17(28-2)11-9-15)23(12-3-13-24)22(27)21(18)26/h4-11,19,24-25H,3,12-13H2,1-2H3/b20-18+. The third kappa shape index (κ3) is 3.64. The van der Waals surface area contributed by atoms with Crippen molar-refractivity contribution in [1.29, 1.82) is 0 Å². The molecule has 3 rings (SSSR count). The molecule has 6 nitrogen and oxygen atoms in total. The van der Waals surface area contributed by atoms with E-state index in [1.54, 1.807) is 43.5 Å². The number of hydrogen-bond donors (Lipinski definition) is 2. The Bertz CT molecular complexity index is 900. The van der Waals surface area contributed by atoms with E-state index in [4.69, 9.17) is 4.74 Å². The van der Waals surface area contributed by atoms with E-state index in [-0.39, 0.29) is 24.5 Å². The van der Waals surface area contributed by atoms with Crippen LogP contribution in [0.1, 0.15) is 29.2 Å². The van der Waals surface area contributed by atoms with Gasteiger partial charge in [0.25, 0.3) is 11.7 Å². The van der Waals surface area contributed by atoms with Crippen molar-refractivity contribution in [3.05, 3.63) is 70.8 Å². The number of likely N-dealkylation sites (tertiary alicyclic amines) is 1. The molecule has 1 unspecified atom stereocenters.